The lowest BCUT2D eigenvalue weighted by atomic mass is 10.1. The molecule has 4 rings (SSSR count). The lowest BCUT2D eigenvalue weighted by molar-refractivity contribution is 0.0944. The van der Waals surface area contributed by atoms with Gasteiger partial charge in [0.05, 0.1) is 16.4 Å². The third kappa shape index (κ3) is 4.00. The van der Waals surface area contributed by atoms with Gasteiger partial charge in [-0.05, 0) is 42.2 Å². The van der Waals surface area contributed by atoms with E-state index in [1.54, 1.807) is 16.7 Å². The Labute approximate surface area is 166 Å². The van der Waals surface area contributed by atoms with Crippen LogP contribution in [-0.4, -0.2) is 41.9 Å². The van der Waals surface area contributed by atoms with Crippen LogP contribution in [0.15, 0.2) is 48.8 Å². The maximum atomic E-state index is 13.3. The smallest absolute Gasteiger partial charge is 0.271 e. The van der Waals surface area contributed by atoms with Crippen LogP contribution in [0.25, 0.3) is 15.6 Å². The van der Waals surface area contributed by atoms with E-state index in [9.17, 15) is 17.6 Å². The number of hydrogen-bond acceptors (Lipinski definition) is 5. The van der Waals surface area contributed by atoms with Gasteiger partial charge in [0.25, 0.3) is 5.91 Å². The highest BCUT2D eigenvalue weighted by atomic mass is 32.2. The summed E-state index contributed by atoms with van der Waals surface area (Å²) >= 11 is 1.34. The van der Waals surface area contributed by atoms with Crippen LogP contribution in [0.5, 0.6) is 0 Å². The molecule has 3 heterocycles. The van der Waals surface area contributed by atoms with Crippen LogP contribution >= 0.6 is 11.3 Å². The Morgan fingerprint density at radius 3 is 2.61 bits per heavy atom. The zero-order chi connectivity index (χ0) is 19.7. The summed E-state index contributed by atoms with van der Waals surface area (Å²) in [6.07, 6.45) is 4.22. The largest absolute Gasteiger partial charge is 0.350 e. The predicted octanol–water partition coefficient (Wildman–Crippen LogP) is 2.90. The maximum Gasteiger partial charge on any atom is 0.271 e. The molecule has 1 unspecified atom stereocenters. The molecule has 1 atom stereocenters. The Morgan fingerprint density at radius 1 is 1.25 bits per heavy atom. The Balaban J connectivity index is 1.61. The van der Waals surface area contributed by atoms with Crippen molar-refractivity contribution >= 4 is 27.1 Å². The number of amides is 1. The maximum absolute atomic E-state index is 13.3. The lowest BCUT2D eigenvalue weighted by Crippen LogP contribution is -2.30. The van der Waals surface area contributed by atoms with Gasteiger partial charge < -0.3 is 9.88 Å². The highest BCUT2D eigenvalue weighted by molar-refractivity contribution is 7.91. The van der Waals surface area contributed by atoms with Crippen molar-refractivity contribution in [3.05, 3.63) is 60.3 Å². The Kier molecular flexibility index (Phi) is 5.03. The zero-order valence-corrected chi connectivity index (χ0v) is 16.5. The minimum absolute atomic E-state index is 0.0780. The number of nitrogens with one attached hydrogen (secondary N) is 1. The number of aromatic nitrogens is 2. The molecule has 1 aromatic carbocycles. The van der Waals surface area contributed by atoms with Crippen molar-refractivity contribution in [2.24, 2.45) is 5.92 Å². The number of halogens is 1. The van der Waals surface area contributed by atoms with Crippen LogP contribution in [0, 0.1) is 11.7 Å². The van der Waals surface area contributed by atoms with Crippen molar-refractivity contribution in [1.82, 2.24) is 14.9 Å². The van der Waals surface area contributed by atoms with Gasteiger partial charge in [0.1, 0.15) is 11.5 Å². The molecule has 9 heteroatoms. The van der Waals surface area contributed by atoms with E-state index in [0.717, 1.165) is 0 Å². The molecular formula is C19H18FN3O3S2. The first-order valence-corrected chi connectivity index (χ1v) is 11.4. The molecular weight excluding hydrogens is 401 g/mol. The molecule has 1 N–H and O–H groups in total. The highest BCUT2D eigenvalue weighted by Crippen LogP contribution is 2.32. The fraction of sp³-hybridized carbons (Fsp3) is 0.263. The first-order valence-electron chi connectivity index (χ1n) is 8.80. The van der Waals surface area contributed by atoms with Crippen LogP contribution in [0.4, 0.5) is 4.39 Å². The standard InChI is InChI=1S/C19H18FN3O3S2/c20-15-5-3-14(4-6-15)17-16(22-19(27-17)23-8-1-2-9-23)18(24)21-11-13-7-10-28(25,26)12-13/h1-6,8-9,13H,7,10-12H2,(H,21,24). The molecule has 1 saturated heterocycles. The summed E-state index contributed by atoms with van der Waals surface area (Å²) in [7, 11) is -2.99. The average molecular weight is 420 g/mol. The van der Waals surface area contributed by atoms with Gasteiger partial charge in [0.2, 0.25) is 0 Å². The molecule has 1 aliphatic rings. The van der Waals surface area contributed by atoms with E-state index >= 15 is 0 Å². The minimum Gasteiger partial charge on any atom is -0.350 e. The molecule has 0 radical (unpaired) electrons. The number of thiazole rings is 1. The normalized spacial score (nSPS) is 18.2. The van der Waals surface area contributed by atoms with Crippen LogP contribution in [0.1, 0.15) is 16.9 Å². The van der Waals surface area contributed by atoms with E-state index in [0.29, 0.717) is 22.0 Å². The summed E-state index contributed by atoms with van der Waals surface area (Å²) in [5.41, 5.74) is 0.951. The third-order valence-electron chi connectivity index (χ3n) is 4.64. The van der Waals surface area contributed by atoms with Gasteiger partial charge >= 0.3 is 0 Å². The molecule has 146 valence electrons. The summed E-state index contributed by atoms with van der Waals surface area (Å²) in [6.45, 7) is 0.289. The highest BCUT2D eigenvalue weighted by Gasteiger charge is 2.29. The number of carbonyl (C=O) groups is 1. The summed E-state index contributed by atoms with van der Waals surface area (Å²) in [5.74, 6) is -0.525. The van der Waals surface area contributed by atoms with Crippen molar-refractivity contribution in [3.8, 4) is 15.6 Å². The first-order chi connectivity index (χ1) is 13.4. The van der Waals surface area contributed by atoms with Crippen LogP contribution in [0.3, 0.4) is 0 Å². The van der Waals surface area contributed by atoms with Crippen LogP contribution in [-0.2, 0) is 9.84 Å². The van der Waals surface area contributed by atoms with Crippen LogP contribution < -0.4 is 5.32 Å². The number of rotatable bonds is 5. The second kappa shape index (κ2) is 7.48. The first kappa shape index (κ1) is 18.8. The van der Waals surface area contributed by atoms with E-state index in [1.165, 1.54) is 23.5 Å². The molecule has 1 amide bonds. The van der Waals surface area contributed by atoms with E-state index in [1.807, 2.05) is 24.5 Å². The SMILES string of the molecule is O=C(NCC1CCS(=O)(=O)C1)c1nc(-n2cccc2)sc1-c1ccc(F)cc1. The molecule has 28 heavy (non-hydrogen) atoms. The van der Waals surface area contributed by atoms with Crippen molar-refractivity contribution in [2.45, 2.75) is 6.42 Å². The van der Waals surface area contributed by atoms with E-state index in [-0.39, 0.29) is 41.4 Å². The van der Waals surface area contributed by atoms with Crippen LogP contribution in [0.2, 0.25) is 0 Å². The summed E-state index contributed by atoms with van der Waals surface area (Å²) in [6, 6.07) is 9.63. The molecule has 1 aliphatic heterocycles. The molecule has 2 aromatic heterocycles. The summed E-state index contributed by atoms with van der Waals surface area (Å²) in [5, 5.41) is 3.44. The quantitative estimate of drug-likeness (QED) is 0.690. The van der Waals surface area contributed by atoms with Crippen molar-refractivity contribution in [2.75, 3.05) is 18.1 Å². The van der Waals surface area contributed by atoms with Gasteiger partial charge in [-0.3, -0.25) is 4.79 Å². The Bertz CT molecular complexity index is 1090. The molecule has 0 aliphatic carbocycles. The minimum atomic E-state index is -2.99. The number of sulfone groups is 1. The van der Waals surface area contributed by atoms with Gasteiger partial charge in [-0.15, -0.1) is 0 Å². The number of hydrogen-bond donors (Lipinski definition) is 1. The van der Waals surface area contributed by atoms with Gasteiger partial charge in [-0.1, -0.05) is 23.5 Å². The van der Waals surface area contributed by atoms with E-state index in [4.69, 9.17) is 0 Å². The topological polar surface area (TPSA) is 81.1 Å². The Morgan fingerprint density at radius 2 is 1.96 bits per heavy atom. The predicted molar refractivity (Wildman–Crippen MR) is 106 cm³/mol. The van der Waals surface area contributed by atoms with E-state index in [2.05, 4.69) is 10.3 Å². The van der Waals surface area contributed by atoms with Gasteiger partial charge in [-0.2, -0.15) is 0 Å². The lowest BCUT2D eigenvalue weighted by Gasteiger charge is -2.09. The molecule has 3 aromatic rings. The number of benzene rings is 1. The van der Waals surface area contributed by atoms with Gasteiger partial charge in [0.15, 0.2) is 15.0 Å². The second-order valence-corrected chi connectivity index (χ2v) is 9.96. The number of nitrogens with zero attached hydrogens (tertiary/aromatic N) is 2. The van der Waals surface area contributed by atoms with Crippen molar-refractivity contribution < 1.29 is 17.6 Å². The molecule has 0 saturated carbocycles. The average Bonchev–Trinajstić information content (AvgIpc) is 3.39. The zero-order valence-electron chi connectivity index (χ0n) is 14.8. The second-order valence-electron chi connectivity index (χ2n) is 6.75. The van der Waals surface area contributed by atoms with Crippen molar-refractivity contribution in [3.63, 3.8) is 0 Å². The molecule has 0 bridgehead atoms. The van der Waals surface area contributed by atoms with Gasteiger partial charge in [-0.25, -0.2) is 17.8 Å². The van der Waals surface area contributed by atoms with Crippen molar-refractivity contribution in [1.29, 1.82) is 0 Å². The van der Waals surface area contributed by atoms with Gasteiger partial charge in [0, 0.05) is 18.9 Å². The fourth-order valence-corrected chi connectivity index (χ4v) is 6.08. The fourth-order valence-electron chi connectivity index (χ4n) is 3.19. The summed E-state index contributed by atoms with van der Waals surface area (Å²) < 4.78 is 38.3. The molecule has 1 fully saturated rings. The third-order valence-corrected chi connectivity index (χ3v) is 7.60. The van der Waals surface area contributed by atoms with E-state index < -0.39 is 9.84 Å². The summed E-state index contributed by atoms with van der Waals surface area (Å²) in [4.78, 5) is 17.9. The molecule has 0 spiro atoms. The number of carbonyl (C=O) groups excluding carboxylic acids is 1. The monoisotopic (exact) mass is 419 g/mol. The Hall–Kier alpha value is -2.52. The molecule has 6 nitrogen and oxygen atoms in total.